The van der Waals surface area contributed by atoms with E-state index in [-0.39, 0.29) is 5.60 Å². The fourth-order valence-electron chi connectivity index (χ4n) is 1.19. The molecule has 54 valence electrons. The first-order chi connectivity index (χ1) is 4.22. The van der Waals surface area contributed by atoms with Gasteiger partial charge in [0.15, 0.2) is 0 Å². The fourth-order valence-corrected chi connectivity index (χ4v) is 1.19. The van der Waals surface area contributed by atoms with Crippen LogP contribution in [-0.4, -0.2) is 30.8 Å². The van der Waals surface area contributed by atoms with Gasteiger partial charge in [-0.15, -0.1) is 0 Å². The van der Waals surface area contributed by atoms with Gasteiger partial charge >= 0.3 is 0 Å². The van der Waals surface area contributed by atoms with Gasteiger partial charge in [0, 0.05) is 20.2 Å². The third kappa shape index (κ3) is 1.08. The highest BCUT2D eigenvalue weighted by atomic mass is 16.5. The Labute approximate surface area is 55.7 Å². The lowest BCUT2D eigenvalue weighted by Crippen LogP contribution is -2.64. The molecule has 3 heteroatoms. The van der Waals surface area contributed by atoms with Crippen LogP contribution in [0.4, 0.5) is 0 Å². The summed E-state index contributed by atoms with van der Waals surface area (Å²) in [6, 6.07) is 0. The third-order valence-corrected chi connectivity index (χ3v) is 2.06. The van der Waals surface area contributed by atoms with Crippen molar-refractivity contribution in [2.24, 2.45) is 5.84 Å². The maximum Gasteiger partial charge on any atom is 0.0956 e. The van der Waals surface area contributed by atoms with Crippen LogP contribution < -0.4 is 5.84 Å². The molecule has 2 N–H and O–H groups in total. The first-order valence-electron chi connectivity index (χ1n) is 3.27. The predicted octanol–water partition coefficient (Wildman–Crippen LogP) is -0.0291. The summed E-state index contributed by atoms with van der Waals surface area (Å²) in [6.07, 6.45) is 1.05. The van der Waals surface area contributed by atoms with Gasteiger partial charge in [-0.3, -0.25) is 5.84 Å². The number of ether oxygens (including phenoxy) is 1. The van der Waals surface area contributed by atoms with Gasteiger partial charge in [0.1, 0.15) is 0 Å². The van der Waals surface area contributed by atoms with Crippen molar-refractivity contribution in [3.05, 3.63) is 0 Å². The molecular weight excluding hydrogens is 116 g/mol. The van der Waals surface area contributed by atoms with Gasteiger partial charge in [0.25, 0.3) is 0 Å². The van der Waals surface area contributed by atoms with Gasteiger partial charge < -0.3 is 4.74 Å². The van der Waals surface area contributed by atoms with E-state index in [9.17, 15) is 0 Å². The molecule has 0 amide bonds. The van der Waals surface area contributed by atoms with E-state index in [0.29, 0.717) is 0 Å². The molecule has 0 unspecified atom stereocenters. The molecule has 0 saturated carbocycles. The van der Waals surface area contributed by atoms with E-state index >= 15 is 0 Å². The van der Waals surface area contributed by atoms with Crippen molar-refractivity contribution in [1.29, 1.82) is 0 Å². The SMILES string of the molecule is CCC1(OC)CN(N)C1. The second-order valence-corrected chi connectivity index (χ2v) is 2.65. The molecule has 1 heterocycles. The summed E-state index contributed by atoms with van der Waals surface area (Å²) >= 11 is 0. The molecular formula is C6H14N2O. The first kappa shape index (κ1) is 6.99. The summed E-state index contributed by atoms with van der Waals surface area (Å²) in [7, 11) is 1.75. The zero-order valence-corrected chi connectivity index (χ0v) is 6.05. The minimum absolute atomic E-state index is 0.0781. The Morgan fingerprint density at radius 1 is 1.67 bits per heavy atom. The van der Waals surface area contributed by atoms with Crippen LogP contribution in [0.1, 0.15) is 13.3 Å². The fraction of sp³-hybridized carbons (Fsp3) is 1.00. The third-order valence-electron chi connectivity index (χ3n) is 2.06. The van der Waals surface area contributed by atoms with Crippen molar-refractivity contribution in [1.82, 2.24) is 5.01 Å². The van der Waals surface area contributed by atoms with E-state index in [0.717, 1.165) is 19.5 Å². The molecule has 0 atom stereocenters. The molecule has 0 radical (unpaired) electrons. The molecule has 9 heavy (non-hydrogen) atoms. The second kappa shape index (κ2) is 2.25. The number of nitrogens with zero attached hydrogens (tertiary/aromatic N) is 1. The number of rotatable bonds is 2. The van der Waals surface area contributed by atoms with Gasteiger partial charge in [0.05, 0.1) is 5.60 Å². The Hall–Kier alpha value is -0.120. The standard InChI is InChI=1S/C6H14N2O/c1-3-6(9-2)4-8(7)5-6/h3-5,7H2,1-2H3. The normalized spacial score (nSPS) is 25.7. The highest BCUT2D eigenvalue weighted by Crippen LogP contribution is 2.24. The monoisotopic (exact) mass is 130 g/mol. The lowest BCUT2D eigenvalue weighted by atomic mass is 9.93. The van der Waals surface area contributed by atoms with Crippen molar-refractivity contribution in [3.63, 3.8) is 0 Å². The summed E-state index contributed by atoms with van der Waals surface area (Å²) in [6.45, 7) is 3.87. The van der Waals surface area contributed by atoms with Crippen molar-refractivity contribution >= 4 is 0 Å². The van der Waals surface area contributed by atoms with Crippen LogP contribution in [0.5, 0.6) is 0 Å². The van der Waals surface area contributed by atoms with Crippen LogP contribution in [0, 0.1) is 0 Å². The Balaban J connectivity index is 2.36. The molecule has 1 fully saturated rings. The number of hydrogen-bond donors (Lipinski definition) is 1. The number of hydrazine groups is 1. The predicted molar refractivity (Wildman–Crippen MR) is 35.8 cm³/mol. The largest absolute Gasteiger partial charge is 0.375 e. The zero-order chi connectivity index (χ0) is 6.91. The van der Waals surface area contributed by atoms with Crippen molar-refractivity contribution in [2.75, 3.05) is 20.2 Å². The van der Waals surface area contributed by atoms with Crippen molar-refractivity contribution < 1.29 is 4.74 Å². The van der Waals surface area contributed by atoms with Gasteiger partial charge in [-0.1, -0.05) is 6.92 Å². The molecule has 1 rings (SSSR count). The molecule has 1 saturated heterocycles. The summed E-state index contributed by atoms with van der Waals surface area (Å²) in [4.78, 5) is 0. The smallest absolute Gasteiger partial charge is 0.0956 e. The highest BCUT2D eigenvalue weighted by Gasteiger charge is 2.39. The lowest BCUT2D eigenvalue weighted by molar-refractivity contribution is -0.126. The first-order valence-corrected chi connectivity index (χ1v) is 3.27. The van der Waals surface area contributed by atoms with E-state index in [1.54, 1.807) is 12.1 Å². The van der Waals surface area contributed by atoms with Crippen LogP contribution in [-0.2, 0) is 4.74 Å². The molecule has 0 aromatic heterocycles. The maximum absolute atomic E-state index is 5.46. The van der Waals surface area contributed by atoms with Crippen LogP contribution in [0.2, 0.25) is 0 Å². The average molecular weight is 130 g/mol. The van der Waals surface area contributed by atoms with E-state index < -0.39 is 0 Å². The van der Waals surface area contributed by atoms with Gasteiger partial charge in [-0.25, -0.2) is 5.01 Å². The van der Waals surface area contributed by atoms with E-state index in [1.807, 2.05) is 0 Å². The molecule has 1 aliphatic rings. The quantitative estimate of drug-likeness (QED) is 0.533. The number of hydrogen-bond acceptors (Lipinski definition) is 3. The Bertz CT molecular complexity index is 93.2. The summed E-state index contributed by atoms with van der Waals surface area (Å²) in [5.74, 6) is 5.46. The molecule has 0 spiro atoms. The topological polar surface area (TPSA) is 38.5 Å². The maximum atomic E-state index is 5.46. The van der Waals surface area contributed by atoms with Crippen LogP contribution in [0.3, 0.4) is 0 Å². The Kier molecular flexibility index (Phi) is 1.75. The molecule has 0 aromatic rings. The number of methoxy groups -OCH3 is 1. The molecule has 0 aromatic carbocycles. The summed E-state index contributed by atoms with van der Waals surface area (Å²) in [5.41, 5.74) is 0.0781. The van der Waals surface area contributed by atoms with Gasteiger partial charge in [-0.05, 0) is 6.42 Å². The van der Waals surface area contributed by atoms with E-state index in [4.69, 9.17) is 10.6 Å². The highest BCUT2D eigenvalue weighted by molar-refractivity contribution is 4.93. The second-order valence-electron chi connectivity index (χ2n) is 2.65. The number of nitrogens with two attached hydrogens (primary N) is 1. The van der Waals surface area contributed by atoms with Crippen molar-refractivity contribution in [3.8, 4) is 0 Å². The molecule has 0 bridgehead atoms. The minimum Gasteiger partial charge on any atom is -0.375 e. The van der Waals surface area contributed by atoms with Crippen LogP contribution in [0.15, 0.2) is 0 Å². The minimum atomic E-state index is 0.0781. The Morgan fingerprint density at radius 2 is 2.22 bits per heavy atom. The van der Waals surface area contributed by atoms with Gasteiger partial charge in [-0.2, -0.15) is 0 Å². The summed E-state index contributed by atoms with van der Waals surface area (Å²) < 4.78 is 5.27. The van der Waals surface area contributed by atoms with E-state index in [1.165, 1.54) is 0 Å². The van der Waals surface area contributed by atoms with Gasteiger partial charge in [0.2, 0.25) is 0 Å². The molecule has 3 nitrogen and oxygen atoms in total. The van der Waals surface area contributed by atoms with Crippen LogP contribution >= 0.6 is 0 Å². The Morgan fingerprint density at radius 3 is 2.33 bits per heavy atom. The van der Waals surface area contributed by atoms with E-state index in [2.05, 4.69) is 6.92 Å². The molecule has 0 aliphatic carbocycles. The zero-order valence-electron chi connectivity index (χ0n) is 6.05. The molecule has 1 aliphatic heterocycles. The van der Waals surface area contributed by atoms with Crippen molar-refractivity contribution in [2.45, 2.75) is 18.9 Å². The lowest BCUT2D eigenvalue weighted by Gasteiger charge is -2.46. The summed E-state index contributed by atoms with van der Waals surface area (Å²) in [5, 5.41) is 1.77. The van der Waals surface area contributed by atoms with Crippen LogP contribution in [0.25, 0.3) is 0 Å². The average Bonchev–Trinajstić information content (AvgIpc) is 1.81.